The summed E-state index contributed by atoms with van der Waals surface area (Å²) in [6.45, 7) is 4.30. The minimum atomic E-state index is -0.737. The number of imidazole rings is 1. The lowest BCUT2D eigenvalue weighted by Gasteiger charge is -2.37. The summed E-state index contributed by atoms with van der Waals surface area (Å²) in [5.41, 5.74) is 2.41. The van der Waals surface area contributed by atoms with Gasteiger partial charge in [0.15, 0.2) is 0 Å². The van der Waals surface area contributed by atoms with Crippen LogP contribution in [0.1, 0.15) is 43.3 Å². The van der Waals surface area contributed by atoms with Crippen LogP contribution in [-0.4, -0.2) is 46.6 Å². The summed E-state index contributed by atoms with van der Waals surface area (Å²) in [6, 6.07) is 3.57. The molecule has 2 aromatic rings. The van der Waals surface area contributed by atoms with E-state index in [1.807, 2.05) is 13.8 Å². The first-order chi connectivity index (χ1) is 13.9. The molecule has 0 saturated carbocycles. The van der Waals surface area contributed by atoms with E-state index in [9.17, 15) is 9.59 Å². The number of methoxy groups -OCH3 is 1. The van der Waals surface area contributed by atoms with Crippen LogP contribution in [0.2, 0.25) is 10.0 Å². The molecule has 3 atom stereocenters. The van der Waals surface area contributed by atoms with Gasteiger partial charge in [-0.25, -0.2) is 14.6 Å². The first kappa shape index (κ1) is 21.5. The van der Waals surface area contributed by atoms with Crippen molar-refractivity contribution in [3.63, 3.8) is 0 Å². The molecule has 1 aliphatic rings. The third kappa shape index (κ3) is 4.36. The number of H-pyrrole nitrogens is 1. The number of hydrogen-bond donors (Lipinski definition) is 2. The Morgan fingerprint density at radius 1 is 1.41 bits per heavy atom. The number of amides is 2. The molecule has 2 N–H and O–H groups in total. The molecule has 2 heterocycles. The zero-order valence-electron chi connectivity index (χ0n) is 16.5. The predicted molar refractivity (Wildman–Crippen MR) is 111 cm³/mol. The summed E-state index contributed by atoms with van der Waals surface area (Å²) >= 11 is 12.5. The van der Waals surface area contributed by atoms with Crippen LogP contribution in [0.5, 0.6) is 0 Å². The minimum absolute atomic E-state index is 0.0743. The van der Waals surface area contributed by atoms with Crippen molar-refractivity contribution in [2.24, 2.45) is 5.92 Å². The number of rotatable bonds is 5. The van der Waals surface area contributed by atoms with Gasteiger partial charge in [-0.15, -0.1) is 0 Å². The number of aromatic nitrogens is 2. The van der Waals surface area contributed by atoms with Crippen LogP contribution in [0.4, 0.5) is 4.79 Å². The molecule has 0 aliphatic carbocycles. The molecule has 0 spiro atoms. The molecule has 156 valence electrons. The first-order valence-electron chi connectivity index (χ1n) is 9.49. The van der Waals surface area contributed by atoms with Crippen molar-refractivity contribution in [1.82, 2.24) is 20.2 Å². The summed E-state index contributed by atoms with van der Waals surface area (Å²) in [5.74, 6) is -0.541. The Kier molecular flexibility index (Phi) is 6.70. The van der Waals surface area contributed by atoms with Gasteiger partial charge in [-0.1, -0.05) is 49.5 Å². The average molecular weight is 439 g/mol. The van der Waals surface area contributed by atoms with Crippen molar-refractivity contribution in [1.29, 1.82) is 0 Å². The van der Waals surface area contributed by atoms with Crippen molar-refractivity contribution < 1.29 is 14.3 Å². The number of nitrogens with one attached hydrogen (secondary N) is 2. The van der Waals surface area contributed by atoms with Gasteiger partial charge in [0, 0.05) is 28.7 Å². The Bertz CT molecular complexity index is 902. The fourth-order valence-corrected chi connectivity index (χ4v) is 4.06. The average Bonchev–Trinajstić information content (AvgIpc) is 3.19. The smallest absolute Gasteiger partial charge is 0.328 e. The van der Waals surface area contributed by atoms with Crippen LogP contribution >= 0.6 is 23.2 Å². The number of esters is 1. The molecule has 1 aromatic carbocycles. The van der Waals surface area contributed by atoms with Gasteiger partial charge in [0.2, 0.25) is 0 Å². The fourth-order valence-electron chi connectivity index (χ4n) is 3.55. The number of carbonyl (C=O) groups is 2. The fraction of sp³-hybridized carbons (Fsp3) is 0.450. The highest BCUT2D eigenvalue weighted by Gasteiger charge is 2.37. The molecule has 1 aromatic heterocycles. The number of fused-ring (bicyclic) bond motifs is 1. The Balaban J connectivity index is 1.96. The van der Waals surface area contributed by atoms with Gasteiger partial charge < -0.3 is 19.9 Å². The van der Waals surface area contributed by atoms with Gasteiger partial charge in [-0.2, -0.15) is 0 Å². The standard InChI is InChI=1S/C20H24Cl2N4O3/c1-4-11(2)16(19(27)29-3)25-20(28)26-8-7-15-17(24-10-23-15)18(26)13-6-5-12(21)9-14(13)22/h5-6,9-11,16,18H,4,7-8H2,1-3H3,(H,23,24)(H,25,28)/t11-,16-,18-/m0/s1. The van der Waals surface area contributed by atoms with Gasteiger partial charge >= 0.3 is 12.0 Å². The van der Waals surface area contributed by atoms with Crippen molar-refractivity contribution in [2.45, 2.75) is 38.8 Å². The first-order valence-corrected chi connectivity index (χ1v) is 10.2. The SMILES string of the molecule is CC[C@H](C)[C@H](NC(=O)N1CCc2[nH]cnc2[C@@H]1c1ccc(Cl)cc1Cl)C(=O)OC. The van der Waals surface area contributed by atoms with Crippen LogP contribution in [-0.2, 0) is 16.0 Å². The van der Waals surface area contributed by atoms with E-state index < -0.39 is 18.1 Å². The third-order valence-corrected chi connectivity index (χ3v) is 5.95. The maximum Gasteiger partial charge on any atom is 0.328 e. The number of ether oxygens (including phenoxy) is 1. The molecule has 7 nitrogen and oxygen atoms in total. The Hall–Kier alpha value is -2.25. The van der Waals surface area contributed by atoms with Crippen molar-refractivity contribution in [3.8, 4) is 0 Å². The second-order valence-corrected chi connectivity index (χ2v) is 7.96. The third-order valence-electron chi connectivity index (χ3n) is 5.39. The number of carbonyl (C=O) groups excluding carboxylic acids is 2. The minimum Gasteiger partial charge on any atom is -0.467 e. The number of benzene rings is 1. The number of halogens is 2. The van der Waals surface area contributed by atoms with Crippen molar-refractivity contribution in [2.75, 3.05) is 13.7 Å². The van der Waals surface area contributed by atoms with Gasteiger partial charge in [-0.05, 0) is 23.6 Å². The number of aromatic amines is 1. The lowest BCUT2D eigenvalue weighted by atomic mass is 9.95. The van der Waals surface area contributed by atoms with E-state index >= 15 is 0 Å². The molecule has 0 radical (unpaired) electrons. The second kappa shape index (κ2) is 9.05. The maximum atomic E-state index is 13.2. The highest BCUT2D eigenvalue weighted by molar-refractivity contribution is 6.35. The van der Waals surface area contributed by atoms with Gasteiger partial charge in [-0.3, -0.25) is 0 Å². The monoisotopic (exact) mass is 438 g/mol. The van der Waals surface area contributed by atoms with Gasteiger partial charge in [0.05, 0.1) is 19.1 Å². The van der Waals surface area contributed by atoms with Crippen LogP contribution in [0.3, 0.4) is 0 Å². The Labute approximate surface area is 179 Å². The van der Waals surface area contributed by atoms with E-state index in [2.05, 4.69) is 15.3 Å². The molecule has 0 saturated heterocycles. The van der Waals surface area contributed by atoms with Crippen molar-refractivity contribution in [3.05, 3.63) is 51.5 Å². The molecular formula is C20H24Cl2N4O3. The second-order valence-electron chi connectivity index (χ2n) is 7.11. The van der Waals surface area contributed by atoms with E-state index in [0.717, 1.165) is 23.4 Å². The topological polar surface area (TPSA) is 87.3 Å². The molecule has 0 fully saturated rings. The summed E-state index contributed by atoms with van der Waals surface area (Å²) in [4.78, 5) is 34.7. The molecule has 3 rings (SSSR count). The van der Waals surface area contributed by atoms with Crippen LogP contribution in [0.15, 0.2) is 24.5 Å². The van der Waals surface area contributed by atoms with Crippen LogP contribution in [0, 0.1) is 5.92 Å². The quantitative estimate of drug-likeness (QED) is 0.691. The van der Waals surface area contributed by atoms with Crippen molar-refractivity contribution >= 4 is 35.2 Å². The molecule has 9 heteroatoms. The number of hydrogen-bond acceptors (Lipinski definition) is 4. The molecule has 0 unspecified atom stereocenters. The lowest BCUT2D eigenvalue weighted by molar-refractivity contribution is -0.144. The Morgan fingerprint density at radius 3 is 2.83 bits per heavy atom. The zero-order chi connectivity index (χ0) is 21.1. The van der Waals surface area contributed by atoms with Gasteiger partial charge in [0.1, 0.15) is 12.1 Å². The predicted octanol–water partition coefficient (Wildman–Crippen LogP) is 3.96. The highest BCUT2D eigenvalue weighted by atomic mass is 35.5. The van der Waals surface area contributed by atoms with Crippen LogP contribution < -0.4 is 5.32 Å². The summed E-state index contributed by atoms with van der Waals surface area (Å²) in [5, 5.41) is 3.80. The normalized spacial score (nSPS) is 18.0. The summed E-state index contributed by atoms with van der Waals surface area (Å²) in [7, 11) is 1.32. The number of urea groups is 1. The summed E-state index contributed by atoms with van der Waals surface area (Å²) < 4.78 is 4.89. The summed E-state index contributed by atoms with van der Waals surface area (Å²) in [6.07, 6.45) is 2.95. The maximum absolute atomic E-state index is 13.2. The largest absolute Gasteiger partial charge is 0.467 e. The van der Waals surface area contributed by atoms with E-state index in [-0.39, 0.29) is 11.9 Å². The highest BCUT2D eigenvalue weighted by Crippen LogP contribution is 2.37. The molecular weight excluding hydrogens is 415 g/mol. The van der Waals surface area contributed by atoms with Gasteiger partial charge in [0.25, 0.3) is 0 Å². The van der Waals surface area contributed by atoms with E-state index in [4.69, 9.17) is 27.9 Å². The molecule has 1 aliphatic heterocycles. The Morgan fingerprint density at radius 2 is 2.17 bits per heavy atom. The molecule has 0 bridgehead atoms. The molecule has 29 heavy (non-hydrogen) atoms. The van der Waals surface area contributed by atoms with E-state index in [0.29, 0.717) is 23.0 Å². The number of nitrogens with zero attached hydrogens (tertiary/aromatic N) is 2. The zero-order valence-corrected chi connectivity index (χ0v) is 18.0. The molecule has 2 amide bonds. The van der Waals surface area contributed by atoms with E-state index in [1.54, 1.807) is 29.4 Å². The van der Waals surface area contributed by atoms with Crippen LogP contribution in [0.25, 0.3) is 0 Å². The van der Waals surface area contributed by atoms with E-state index in [1.165, 1.54) is 7.11 Å². The lowest BCUT2D eigenvalue weighted by Crippen LogP contribution is -2.53.